The smallest absolute Gasteiger partial charge is 0.276 e. The van der Waals surface area contributed by atoms with Crippen molar-refractivity contribution in [1.82, 2.24) is 20.2 Å². The Kier molecular flexibility index (Phi) is 5.06. The largest absolute Gasteiger partial charge is 0.340 e. The number of H-pyrrole nitrogens is 1. The molecule has 0 aliphatic carbocycles. The molecule has 8 heteroatoms. The van der Waals surface area contributed by atoms with Gasteiger partial charge in [0.25, 0.3) is 11.5 Å². The molecule has 3 N–H and O–H groups in total. The predicted molar refractivity (Wildman–Crippen MR) is 110 cm³/mol. The molecule has 2 aromatic carbocycles. The van der Waals surface area contributed by atoms with E-state index in [1.165, 1.54) is 18.5 Å². The maximum absolute atomic E-state index is 12.1. The third-order valence-electron chi connectivity index (χ3n) is 4.06. The summed E-state index contributed by atoms with van der Waals surface area (Å²) in [5.74, 6) is 0.248. The lowest BCUT2D eigenvalue weighted by Gasteiger charge is -2.09. The van der Waals surface area contributed by atoms with E-state index in [9.17, 15) is 9.59 Å². The summed E-state index contributed by atoms with van der Waals surface area (Å²) in [4.78, 5) is 31.7. The molecule has 29 heavy (non-hydrogen) atoms. The summed E-state index contributed by atoms with van der Waals surface area (Å²) >= 11 is 0. The highest BCUT2D eigenvalue weighted by atomic mass is 16.2. The van der Waals surface area contributed by atoms with Gasteiger partial charge in [0, 0.05) is 29.1 Å². The van der Waals surface area contributed by atoms with Gasteiger partial charge in [-0.05, 0) is 30.3 Å². The zero-order valence-electron chi connectivity index (χ0n) is 15.2. The lowest BCUT2D eigenvalue weighted by Crippen LogP contribution is -2.17. The summed E-state index contributed by atoms with van der Waals surface area (Å²) in [6.07, 6.45) is 1.51. The molecule has 1 amide bonds. The number of hydrogen-bond acceptors (Lipinski definition) is 6. The van der Waals surface area contributed by atoms with Gasteiger partial charge in [-0.15, -0.1) is 0 Å². The predicted octanol–water partition coefficient (Wildman–Crippen LogP) is 3.22. The van der Waals surface area contributed by atoms with Crippen LogP contribution in [0.4, 0.5) is 17.2 Å². The third-order valence-corrected chi connectivity index (χ3v) is 4.06. The molecule has 0 aliphatic rings. The first-order valence-electron chi connectivity index (χ1n) is 8.79. The summed E-state index contributed by atoms with van der Waals surface area (Å²) < 4.78 is 0. The molecule has 0 fully saturated rings. The summed E-state index contributed by atoms with van der Waals surface area (Å²) in [7, 11) is 0. The maximum atomic E-state index is 12.1. The Morgan fingerprint density at radius 1 is 0.862 bits per heavy atom. The molecule has 0 atom stereocenters. The van der Waals surface area contributed by atoms with Crippen LogP contribution in [0.3, 0.4) is 0 Å². The number of carbonyl (C=O) groups excluding carboxylic acids is 1. The van der Waals surface area contributed by atoms with E-state index in [4.69, 9.17) is 0 Å². The van der Waals surface area contributed by atoms with Crippen LogP contribution >= 0.6 is 0 Å². The fourth-order valence-corrected chi connectivity index (χ4v) is 2.64. The number of amides is 1. The Morgan fingerprint density at radius 2 is 1.62 bits per heavy atom. The van der Waals surface area contributed by atoms with E-state index >= 15 is 0 Å². The van der Waals surface area contributed by atoms with Crippen molar-refractivity contribution in [2.45, 2.75) is 0 Å². The first-order valence-corrected chi connectivity index (χ1v) is 8.79. The van der Waals surface area contributed by atoms with Crippen LogP contribution in [0.25, 0.3) is 11.3 Å². The average Bonchev–Trinajstić information content (AvgIpc) is 2.76. The van der Waals surface area contributed by atoms with Crippen LogP contribution < -0.4 is 16.2 Å². The van der Waals surface area contributed by atoms with E-state index in [2.05, 4.69) is 30.8 Å². The molecule has 0 bridgehead atoms. The Labute approximate surface area is 165 Å². The minimum Gasteiger partial charge on any atom is -0.340 e. The molecule has 0 spiro atoms. The number of benzene rings is 2. The highest BCUT2D eigenvalue weighted by molar-refractivity contribution is 6.02. The Morgan fingerprint density at radius 3 is 2.34 bits per heavy atom. The number of aromatic amines is 1. The van der Waals surface area contributed by atoms with Crippen LogP contribution in [0.2, 0.25) is 0 Å². The Hall–Kier alpha value is -4.33. The van der Waals surface area contributed by atoms with Crippen molar-refractivity contribution in [3.63, 3.8) is 0 Å². The van der Waals surface area contributed by atoms with Crippen LogP contribution in [0.15, 0.2) is 83.9 Å². The van der Waals surface area contributed by atoms with Gasteiger partial charge < -0.3 is 10.6 Å². The molecule has 0 saturated carbocycles. The third kappa shape index (κ3) is 4.51. The van der Waals surface area contributed by atoms with Crippen molar-refractivity contribution in [2.75, 3.05) is 10.6 Å². The van der Waals surface area contributed by atoms with Crippen LogP contribution in [0.1, 0.15) is 10.5 Å². The van der Waals surface area contributed by atoms with E-state index < -0.39 is 5.91 Å². The lowest BCUT2D eigenvalue weighted by atomic mass is 10.1. The fraction of sp³-hybridized carbons (Fsp3) is 0. The van der Waals surface area contributed by atoms with E-state index in [0.29, 0.717) is 11.5 Å². The van der Waals surface area contributed by atoms with Gasteiger partial charge in [0.05, 0.1) is 5.69 Å². The van der Waals surface area contributed by atoms with Gasteiger partial charge in [0.15, 0.2) is 0 Å². The monoisotopic (exact) mass is 384 g/mol. The van der Waals surface area contributed by atoms with Gasteiger partial charge in [0.2, 0.25) is 0 Å². The van der Waals surface area contributed by atoms with Crippen LogP contribution in [-0.4, -0.2) is 26.1 Å². The van der Waals surface area contributed by atoms with Crippen molar-refractivity contribution >= 4 is 23.1 Å². The summed E-state index contributed by atoms with van der Waals surface area (Å²) in [6.45, 7) is 0. The number of nitrogens with zero attached hydrogens (tertiary/aromatic N) is 3. The minimum absolute atomic E-state index is 0.126. The first-order chi connectivity index (χ1) is 14.2. The van der Waals surface area contributed by atoms with Gasteiger partial charge >= 0.3 is 0 Å². The zero-order chi connectivity index (χ0) is 20.1. The molecule has 4 rings (SSSR count). The van der Waals surface area contributed by atoms with E-state index in [-0.39, 0.29) is 11.3 Å². The first kappa shape index (κ1) is 18.1. The molecule has 0 radical (unpaired) electrons. The van der Waals surface area contributed by atoms with E-state index in [1.54, 1.807) is 12.1 Å². The molecule has 4 aromatic rings. The number of rotatable bonds is 5. The van der Waals surface area contributed by atoms with E-state index in [1.807, 2.05) is 48.5 Å². The fourth-order valence-electron chi connectivity index (χ4n) is 2.64. The second-order valence-electron chi connectivity index (χ2n) is 6.12. The SMILES string of the molecule is O=C(Nc1ccc(Nc2cc(-c3ccccc3)ncn2)cc1)c1ccc(=O)[nH]n1. The number of anilines is 3. The van der Waals surface area contributed by atoms with Crippen molar-refractivity contribution < 1.29 is 4.79 Å². The quantitative estimate of drug-likeness (QED) is 0.487. The highest BCUT2D eigenvalue weighted by Gasteiger charge is 2.08. The second kappa shape index (κ2) is 8.13. The van der Waals surface area contributed by atoms with Crippen molar-refractivity contribution in [1.29, 1.82) is 0 Å². The van der Waals surface area contributed by atoms with Gasteiger partial charge in [-0.3, -0.25) is 9.59 Å². The summed E-state index contributed by atoms with van der Waals surface area (Å²) in [5, 5.41) is 11.9. The van der Waals surface area contributed by atoms with Gasteiger partial charge in [-0.25, -0.2) is 15.1 Å². The lowest BCUT2D eigenvalue weighted by molar-refractivity contribution is 0.102. The molecule has 0 unspecified atom stereocenters. The molecular formula is C21H16N6O2. The van der Waals surface area contributed by atoms with Crippen molar-refractivity contribution in [3.05, 3.63) is 95.2 Å². The van der Waals surface area contributed by atoms with Crippen LogP contribution in [0.5, 0.6) is 0 Å². The topological polar surface area (TPSA) is 113 Å². The van der Waals surface area contributed by atoms with Crippen LogP contribution in [0, 0.1) is 0 Å². The normalized spacial score (nSPS) is 10.3. The zero-order valence-corrected chi connectivity index (χ0v) is 15.2. The summed E-state index contributed by atoms with van der Waals surface area (Å²) in [5.41, 5.74) is 3.00. The maximum Gasteiger partial charge on any atom is 0.276 e. The number of aromatic nitrogens is 4. The van der Waals surface area contributed by atoms with Crippen molar-refractivity contribution in [2.24, 2.45) is 0 Å². The molecule has 0 aliphatic heterocycles. The number of carbonyl (C=O) groups is 1. The van der Waals surface area contributed by atoms with Gasteiger partial charge in [-0.1, -0.05) is 30.3 Å². The molecule has 2 heterocycles. The molecule has 0 saturated heterocycles. The minimum atomic E-state index is -0.412. The standard InChI is InChI=1S/C21H16N6O2/c28-20-11-10-17(26-27-20)21(29)25-16-8-6-15(7-9-16)24-19-12-18(22-13-23-19)14-4-2-1-3-5-14/h1-13H,(H,25,29)(H,27,28)(H,22,23,24). The number of hydrogen-bond donors (Lipinski definition) is 3. The molecular weight excluding hydrogens is 368 g/mol. The highest BCUT2D eigenvalue weighted by Crippen LogP contribution is 2.22. The summed E-state index contributed by atoms with van der Waals surface area (Å²) in [6, 6.07) is 21.5. The number of nitrogens with one attached hydrogen (secondary N) is 3. The average molecular weight is 384 g/mol. The Bertz CT molecular complexity index is 1170. The van der Waals surface area contributed by atoms with Gasteiger partial charge in [-0.2, -0.15) is 5.10 Å². The Balaban J connectivity index is 1.44. The van der Waals surface area contributed by atoms with E-state index in [0.717, 1.165) is 16.9 Å². The second-order valence-corrected chi connectivity index (χ2v) is 6.12. The molecule has 8 nitrogen and oxygen atoms in total. The molecule has 142 valence electrons. The van der Waals surface area contributed by atoms with Gasteiger partial charge in [0.1, 0.15) is 17.8 Å². The van der Waals surface area contributed by atoms with Crippen molar-refractivity contribution in [3.8, 4) is 11.3 Å². The van der Waals surface area contributed by atoms with Crippen LogP contribution in [-0.2, 0) is 0 Å². The molecule has 2 aromatic heterocycles.